The highest BCUT2D eigenvalue weighted by Gasteiger charge is 2.38. The highest BCUT2D eigenvalue weighted by atomic mass is 16.5. The van der Waals surface area contributed by atoms with Crippen molar-refractivity contribution in [3.8, 4) is 17.1 Å². The van der Waals surface area contributed by atoms with Crippen LogP contribution in [0.2, 0.25) is 0 Å². The quantitative estimate of drug-likeness (QED) is 0.522. The van der Waals surface area contributed by atoms with Crippen molar-refractivity contribution in [2.24, 2.45) is 5.92 Å². The molecule has 0 N–H and O–H groups in total. The summed E-state index contributed by atoms with van der Waals surface area (Å²) in [7, 11) is 1.61. The van der Waals surface area contributed by atoms with Gasteiger partial charge in [0.05, 0.1) is 13.0 Å². The van der Waals surface area contributed by atoms with Gasteiger partial charge < -0.3 is 24.0 Å². The number of methoxy groups -OCH3 is 1. The van der Waals surface area contributed by atoms with Crippen LogP contribution < -0.4 is 14.5 Å². The molecule has 1 aliphatic carbocycles. The summed E-state index contributed by atoms with van der Waals surface area (Å²) < 4.78 is 10.5. The Labute approximate surface area is 208 Å². The Hall–Kier alpha value is -3.95. The van der Waals surface area contributed by atoms with Crippen LogP contribution in [0, 0.1) is 5.92 Å². The van der Waals surface area contributed by atoms with Crippen molar-refractivity contribution < 1.29 is 18.8 Å². The molecule has 36 heavy (non-hydrogen) atoms. The van der Waals surface area contributed by atoms with Gasteiger partial charge in [-0.25, -0.2) is 4.98 Å². The van der Waals surface area contributed by atoms with Crippen molar-refractivity contribution in [2.75, 3.05) is 49.6 Å². The third-order valence-corrected chi connectivity index (χ3v) is 7.15. The third kappa shape index (κ3) is 4.38. The van der Waals surface area contributed by atoms with Crippen molar-refractivity contribution in [2.45, 2.75) is 25.2 Å². The lowest BCUT2D eigenvalue weighted by Gasteiger charge is -2.36. The van der Waals surface area contributed by atoms with Crippen LogP contribution in [0.5, 0.6) is 5.75 Å². The second-order valence-electron chi connectivity index (χ2n) is 9.55. The minimum absolute atomic E-state index is 0.0210. The van der Waals surface area contributed by atoms with E-state index in [2.05, 4.69) is 20.0 Å². The van der Waals surface area contributed by atoms with E-state index in [0.29, 0.717) is 50.4 Å². The monoisotopic (exact) mass is 488 g/mol. The van der Waals surface area contributed by atoms with E-state index in [-0.39, 0.29) is 24.2 Å². The molecule has 10 heteroatoms. The Morgan fingerprint density at radius 2 is 1.83 bits per heavy atom. The Balaban J connectivity index is 1.04. The van der Waals surface area contributed by atoms with Gasteiger partial charge in [0.25, 0.3) is 0 Å². The molecule has 10 nitrogen and oxygen atoms in total. The van der Waals surface area contributed by atoms with E-state index in [4.69, 9.17) is 9.26 Å². The van der Waals surface area contributed by atoms with Gasteiger partial charge in [-0.1, -0.05) is 5.16 Å². The highest BCUT2D eigenvalue weighted by Crippen LogP contribution is 2.39. The minimum atomic E-state index is -0.320. The Morgan fingerprint density at radius 1 is 1.06 bits per heavy atom. The second-order valence-corrected chi connectivity index (χ2v) is 9.55. The van der Waals surface area contributed by atoms with E-state index in [1.807, 2.05) is 41.3 Å². The number of pyridine rings is 1. The number of rotatable bonds is 6. The van der Waals surface area contributed by atoms with Crippen LogP contribution in [0.25, 0.3) is 11.4 Å². The minimum Gasteiger partial charge on any atom is -0.497 e. The molecule has 2 saturated heterocycles. The van der Waals surface area contributed by atoms with Crippen LogP contribution in [0.3, 0.4) is 0 Å². The molecule has 2 aromatic heterocycles. The van der Waals surface area contributed by atoms with E-state index >= 15 is 0 Å². The number of nitrogens with zero attached hydrogens (tertiary/aromatic N) is 6. The molecule has 1 saturated carbocycles. The summed E-state index contributed by atoms with van der Waals surface area (Å²) in [5.41, 5.74) is 1.62. The molecule has 2 aliphatic heterocycles. The molecule has 3 aromatic rings. The molecule has 4 heterocycles. The van der Waals surface area contributed by atoms with E-state index < -0.39 is 0 Å². The number of aromatic nitrogens is 3. The molecule has 186 valence electrons. The molecule has 1 atom stereocenters. The van der Waals surface area contributed by atoms with Gasteiger partial charge in [-0.3, -0.25) is 9.59 Å². The number of hydrogen-bond acceptors (Lipinski definition) is 8. The number of carbonyl (C=O) groups excluding carboxylic acids is 2. The maximum Gasteiger partial charge on any atom is 0.230 e. The van der Waals surface area contributed by atoms with Gasteiger partial charge in [-0.05, 0) is 49.2 Å². The summed E-state index contributed by atoms with van der Waals surface area (Å²) in [5.74, 6) is 3.01. The molecular formula is C26H28N6O4. The van der Waals surface area contributed by atoms with Gasteiger partial charge in [0.15, 0.2) is 0 Å². The Morgan fingerprint density at radius 3 is 2.50 bits per heavy atom. The maximum atomic E-state index is 13.2. The van der Waals surface area contributed by atoms with E-state index in [1.165, 1.54) is 0 Å². The first-order valence-corrected chi connectivity index (χ1v) is 12.4. The zero-order valence-electron chi connectivity index (χ0n) is 20.2. The van der Waals surface area contributed by atoms with Gasteiger partial charge in [0.2, 0.25) is 23.5 Å². The summed E-state index contributed by atoms with van der Waals surface area (Å²) in [6.07, 6.45) is 4.25. The van der Waals surface area contributed by atoms with Crippen LogP contribution in [-0.4, -0.2) is 71.7 Å². The predicted octanol–water partition coefficient (Wildman–Crippen LogP) is 2.72. The second kappa shape index (κ2) is 9.25. The number of hydrogen-bond donors (Lipinski definition) is 0. The van der Waals surface area contributed by atoms with Gasteiger partial charge in [-0.2, -0.15) is 4.98 Å². The van der Waals surface area contributed by atoms with Crippen molar-refractivity contribution in [1.82, 2.24) is 20.0 Å². The largest absolute Gasteiger partial charge is 0.497 e. The number of carbonyl (C=O) groups is 2. The van der Waals surface area contributed by atoms with Crippen molar-refractivity contribution >= 4 is 23.3 Å². The molecule has 3 aliphatic rings. The topological polar surface area (TPSA) is 105 Å². The standard InChI is InChI=1S/C26H28N6O4/c1-35-21-7-5-20(6-8-21)32-16-19(14-23(32)33)26(34)31-12-10-30(11-13-31)22-9-4-18(15-27-22)24-28-25(36-29-24)17-2-3-17/h4-9,15,17,19H,2-3,10-14,16H2,1H3. The molecule has 0 spiro atoms. The van der Waals surface area contributed by atoms with Crippen LogP contribution in [-0.2, 0) is 9.59 Å². The summed E-state index contributed by atoms with van der Waals surface area (Å²) in [4.78, 5) is 40.6. The lowest BCUT2D eigenvalue weighted by Crippen LogP contribution is -2.51. The van der Waals surface area contributed by atoms with Gasteiger partial charge in [0.1, 0.15) is 11.6 Å². The summed E-state index contributed by atoms with van der Waals surface area (Å²) >= 11 is 0. The summed E-state index contributed by atoms with van der Waals surface area (Å²) in [6.45, 7) is 2.99. The van der Waals surface area contributed by atoms with E-state index in [0.717, 1.165) is 35.7 Å². The fraction of sp³-hybridized carbons (Fsp3) is 0.423. The van der Waals surface area contributed by atoms with Crippen LogP contribution in [0.1, 0.15) is 31.1 Å². The number of amides is 2. The molecule has 6 rings (SSSR count). The zero-order valence-corrected chi connectivity index (χ0v) is 20.2. The lowest BCUT2D eigenvalue weighted by atomic mass is 10.1. The van der Waals surface area contributed by atoms with Crippen molar-refractivity contribution in [3.63, 3.8) is 0 Å². The molecule has 0 radical (unpaired) electrons. The Kier molecular flexibility index (Phi) is 5.79. The molecule has 0 bridgehead atoms. The average molecular weight is 489 g/mol. The first-order valence-electron chi connectivity index (χ1n) is 12.4. The molecule has 2 amide bonds. The van der Waals surface area contributed by atoms with Gasteiger partial charge in [-0.15, -0.1) is 0 Å². The first-order chi connectivity index (χ1) is 17.6. The highest BCUT2D eigenvalue weighted by molar-refractivity contribution is 6.00. The number of anilines is 2. The van der Waals surface area contributed by atoms with E-state index in [1.54, 1.807) is 18.2 Å². The number of piperazine rings is 1. The van der Waals surface area contributed by atoms with Gasteiger partial charge >= 0.3 is 0 Å². The summed E-state index contributed by atoms with van der Waals surface area (Å²) in [6, 6.07) is 11.3. The normalized spacial score (nSPS) is 20.2. The van der Waals surface area contributed by atoms with Crippen molar-refractivity contribution in [3.05, 3.63) is 48.5 Å². The number of ether oxygens (including phenoxy) is 1. The fourth-order valence-electron chi connectivity index (χ4n) is 4.85. The van der Waals surface area contributed by atoms with Crippen LogP contribution in [0.4, 0.5) is 11.5 Å². The Bertz CT molecular complexity index is 1250. The van der Waals surface area contributed by atoms with Crippen LogP contribution >= 0.6 is 0 Å². The van der Waals surface area contributed by atoms with Gasteiger partial charge in [0, 0.05) is 62.5 Å². The first kappa shape index (κ1) is 22.5. The average Bonchev–Trinajstić information content (AvgIpc) is 3.53. The maximum absolute atomic E-state index is 13.2. The lowest BCUT2D eigenvalue weighted by molar-refractivity contribution is -0.136. The van der Waals surface area contributed by atoms with Crippen molar-refractivity contribution in [1.29, 1.82) is 0 Å². The fourth-order valence-corrected chi connectivity index (χ4v) is 4.85. The molecule has 3 fully saturated rings. The smallest absolute Gasteiger partial charge is 0.230 e. The SMILES string of the molecule is COc1ccc(N2CC(C(=O)N3CCN(c4ccc(-c5noc(C6CC6)n5)cn4)CC3)CC2=O)cc1. The number of benzene rings is 1. The molecular weight excluding hydrogens is 460 g/mol. The molecule has 1 unspecified atom stereocenters. The van der Waals surface area contributed by atoms with E-state index in [9.17, 15) is 9.59 Å². The third-order valence-electron chi connectivity index (χ3n) is 7.15. The predicted molar refractivity (Wildman–Crippen MR) is 132 cm³/mol. The zero-order chi connectivity index (χ0) is 24.6. The summed E-state index contributed by atoms with van der Waals surface area (Å²) in [5, 5.41) is 4.08. The van der Waals surface area contributed by atoms with Crippen LogP contribution in [0.15, 0.2) is 47.1 Å². The molecule has 1 aromatic carbocycles.